The Labute approximate surface area is 180 Å². The van der Waals surface area contributed by atoms with Gasteiger partial charge in [0.2, 0.25) is 0 Å². The average molecular weight is 439 g/mol. The topological polar surface area (TPSA) is 53.4 Å². The van der Waals surface area contributed by atoms with E-state index in [4.69, 9.17) is 23.2 Å². The monoisotopic (exact) mass is 438 g/mol. The summed E-state index contributed by atoms with van der Waals surface area (Å²) in [7, 11) is 3.67. The fraction of sp³-hybridized carbons (Fsp3) is 0.455. The first-order valence-electron chi connectivity index (χ1n) is 9.56. The molecule has 0 saturated heterocycles. The third-order valence-electron chi connectivity index (χ3n) is 5.56. The number of halogens is 3. The summed E-state index contributed by atoms with van der Waals surface area (Å²) >= 11 is 12.3. The highest BCUT2D eigenvalue weighted by atomic mass is 35.5. The SMILES string of the molecule is Cc1cc(Cl)cc(Cl)c1CCC(=O)C1(F)CCC(O)(CN(C)C)c2ncccc21. The van der Waals surface area contributed by atoms with Gasteiger partial charge in [-0.3, -0.25) is 9.78 Å². The van der Waals surface area contributed by atoms with Gasteiger partial charge in [-0.15, -0.1) is 0 Å². The molecule has 2 aromatic rings. The maximum Gasteiger partial charge on any atom is 0.195 e. The molecule has 0 amide bonds. The number of benzene rings is 1. The van der Waals surface area contributed by atoms with Crippen LogP contribution in [0, 0.1) is 6.92 Å². The molecule has 4 nitrogen and oxygen atoms in total. The molecule has 2 unspecified atom stereocenters. The number of alkyl halides is 1. The number of hydrogen-bond acceptors (Lipinski definition) is 4. The molecule has 1 heterocycles. The molecule has 1 aromatic carbocycles. The van der Waals surface area contributed by atoms with Gasteiger partial charge in [-0.25, -0.2) is 4.39 Å². The van der Waals surface area contributed by atoms with Crippen LogP contribution >= 0.6 is 23.2 Å². The van der Waals surface area contributed by atoms with E-state index in [1.165, 1.54) is 6.20 Å². The number of nitrogens with zero attached hydrogens (tertiary/aromatic N) is 2. The molecular formula is C22H25Cl2FN2O2. The number of rotatable bonds is 6. The van der Waals surface area contributed by atoms with E-state index in [2.05, 4.69) is 4.98 Å². The lowest BCUT2D eigenvalue weighted by atomic mass is 9.72. The summed E-state index contributed by atoms with van der Waals surface area (Å²) in [5.41, 5.74) is -1.38. The molecule has 0 spiro atoms. The molecule has 0 radical (unpaired) electrons. The van der Waals surface area contributed by atoms with Crippen molar-refractivity contribution in [1.29, 1.82) is 0 Å². The van der Waals surface area contributed by atoms with Gasteiger partial charge in [0.1, 0.15) is 5.60 Å². The quantitative estimate of drug-likeness (QED) is 0.715. The van der Waals surface area contributed by atoms with Crippen molar-refractivity contribution in [1.82, 2.24) is 9.88 Å². The molecule has 7 heteroatoms. The van der Waals surface area contributed by atoms with Crippen molar-refractivity contribution in [3.05, 3.63) is 62.9 Å². The van der Waals surface area contributed by atoms with Crippen LogP contribution in [0.5, 0.6) is 0 Å². The maximum absolute atomic E-state index is 16.0. The number of aromatic nitrogens is 1. The fourth-order valence-electron chi connectivity index (χ4n) is 4.18. The zero-order valence-corrected chi connectivity index (χ0v) is 18.3. The van der Waals surface area contributed by atoms with E-state index in [-0.39, 0.29) is 30.5 Å². The number of ketones is 1. The summed E-state index contributed by atoms with van der Waals surface area (Å²) in [4.78, 5) is 19.1. The zero-order chi connectivity index (χ0) is 21.4. The van der Waals surface area contributed by atoms with E-state index in [0.29, 0.717) is 23.0 Å². The van der Waals surface area contributed by atoms with E-state index in [1.54, 1.807) is 24.3 Å². The van der Waals surface area contributed by atoms with Gasteiger partial charge in [0, 0.05) is 34.8 Å². The highest BCUT2D eigenvalue weighted by Gasteiger charge is 2.51. The Morgan fingerprint density at radius 1 is 1.31 bits per heavy atom. The molecule has 156 valence electrons. The molecule has 0 bridgehead atoms. The molecule has 1 aliphatic carbocycles. The number of pyridine rings is 1. The number of Topliss-reactive ketones (excluding diaryl/α,β-unsaturated/α-hetero) is 1. The lowest BCUT2D eigenvalue weighted by molar-refractivity contribution is -0.135. The van der Waals surface area contributed by atoms with Crippen molar-refractivity contribution in [3.63, 3.8) is 0 Å². The minimum Gasteiger partial charge on any atom is -0.382 e. The van der Waals surface area contributed by atoms with Crippen molar-refractivity contribution in [2.75, 3.05) is 20.6 Å². The van der Waals surface area contributed by atoms with Crippen LogP contribution in [0.2, 0.25) is 10.0 Å². The minimum absolute atomic E-state index is 0.000857. The van der Waals surface area contributed by atoms with Crippen LogP contribution in [0.1, 0.15) is 41.6 Å². The Morgan fingerprint density at radius 3 is 2.69 bits per heavy atom. The van der Waals surface area contributed by atoms with Gasteiger partial charge in [-0.1, -0.05) is 29.3 Å². The summed E-state index contributed by atoms with van der Waals surface area (Å²) < 4.78 is 16.0. The van der Waals surface area contributed by atoms with Crippen molar-refractivity contribution in [2.24, 2.45) is 0 Å². The predicted octanol–water partition coefficient (Wildman–Crippen LogP) is 4.61. The number of aryl methyl sites for hydroxylation is 1. The summed E-state index contributed by atoms with van der Waals surface area (Å²) in [6.45, 7) is 2.17. The smallest absolute Gasteiger partial charge is 0.195 e. The van der Waals surface area contributed by atoms with E-state index in [9.17, 15) is 9.90 Å². The highest BCUT2D eigenvalue weighted by molar-refractivity contribution is 6.35. The standard InChI is InChI=1S/C22H25Cl2FN2O2/c1-14-11-15(23)12-18(24)16(14)6-7-19(28)22(25)9-8-21(29,13-27(2)3)20-17(22)5-4-10-26-20/h4-5,10-12,29H,6-9,13H2,1-3H3. The number of hydrogen-bond donors (Lipinski definition) is 1. The van der Waals surface area contributed by atoms with Gasteiger partial charge in [0.15, 0.2) is 11.5 Å². The lowest BCUT2D eigenvalue weighted by Crippen LogP contribution is -2.47. The van der Waals surface area contributed by atoms with Crippen LogP contribution in [0.25, 0.3) is 0 Å². The van der Waals surface area contributed by atoms with Crippen LogP contribution < -0.4 is 0 Å². The number of likely N-dealkylation sites (N-methyl/N-ethyl adjacent to an activating group) is 1. The first kappa shape index (κ1) is 22.2. The number of carbonyl (C=O) groups is 1. The normalized spacial score (nSPS) is 23.9. The van der Waals surface area contributed by atoms with Crippen molar-refractivity contribution < 1.29 is 14.3 Å². The Morgan fingerprint density at radius 2 is 2.03 bits per heavy atom. The molecule has 1 N–H and O–H groups in total. The zero-order valence-electron chi connectivity index (χ0n) is 16.8. The molecule has 0 aliphatic heterocycles. The van der Waals surface area contributed by atoms with Crippen LogP contribution in [-0.2, 0) is 22.5 Å². The molecule has 3 rings (SSSR count). The fourth-order valence-corrected chi connectivity index (χ4v) is 4.87. The number of fused-ring (bicyclic) bond motifs is 1. The van der Waals surface area contributed by atoms with Crippen LogP contribution in [0.3, 0.4) is 0 Å². The van der Waals surface area contributed by atoms with Gasteiger partial charge in [0.05, 0.1) is 5.69 Å². The van der Waals surface area contributed by atoms with Crippen LogP contribution in [0.4, 0.5) is 4.39 Å². The molecule has 1 aliphatic rings. The third kappa shape index (κ3) is 4.33. The van der Waals surface area contributed by atoms with E-state index >= 15 is 4.39 Å². The summed E-state index contributed by atoms with van der Waals surface area (Å²) in [6, 6.07) is 6.56. The van der Waals surface area contributed by atoms with Gasteiger partial charge < -0.3 is 10.0 Å². The largest absolute Gasteiger partial charge is 0.382 e. The Bertz CT molecular complexity index is 914. The number of aliphatic hydroxyl groups is 1. The van der Waals surface area contributed by atoms with Crippen molar-refractivity contribution in [2.45, 2.75) is 43.9 Å². The molecule has 0 saturated carbocycles. The molecule has 29 heavy (non-hydrogen) atoms. The molecule has 2 atom stereocenters. The van der Waals surface area contributed by atoms with E-state index in [1.807, 2.05) is 25.9 Å². The second kappa shape index (κ2) is 8.31. The lowest BCUT2D eigenvalue weighted by Gasteiger charge is -2.41. The Hall–Kier alpha value is -1.53. The van der Waals surface area contributed by atoms with Crippen molar-refractivity contribution in [3.8, 4) is 0 Å². The van der Waals surface area contributed by atoms with Gasteiger partial charge in [0.25, 0.3) is 0 Å². The van der Waals surface area contributed by atoms with Crippen LogP contribution in [-0.4, -0.2) is 41.4 Å². The van der Waals surface area contributed by atoms with Crippen molar-refractivity contribution >= 4 is 29.0 Å². The predicted molar refractivity (Wildman–Crippen MR) is 113 cm³/mol. The second-order valence-electron chi connectivity index (χ2n) is 8.08. The van der Waals surface area contributed by atoms with Crippen LogP contribution in [0.15, 0.2) is 30.5 Å². The first-order valence-corrected chi connectivity index (χ1v) is 10.3. The summed E-state index contributed by atoms with van der Waals surface area (Å²) in [6.07, 6.45) is 1.88. The summed E-state index contributed by atoms with van der Waals surface area (Å²) in [5.74, 6) is -0.524. The van der Waals surface area contributed by atoms with Gasteiger partial charge >= 0.3 is 0 Å². The number of carbonyl (C=O) groups excluding carboxylic acids is 1. The molecule has 0 fully saturated rings. The Kier molecular flexibility index (Phi) is 6.35. The molecule has 1 aromatic heterocycles. The Balaban J connectivity index is 1.88. The third-order valence-corrected chi connectivity index (χ3v) is 6.12. The minimum atomic E-state index is -2.17. The average Bonchev–Trinajstić information content (AvgIpc) is 2.64. The molecular weight excluding hydrogens is 414 g/mol. The van der Waals surface area contributed by atoms with E-state index in [0.717, 1.165) is 11.1 Å². The van der Waals surface area contributed by atoms with Gasteiger partial charge in [-0.2, -0.15) is 0 Å². The van der Waals surface area contributed by atoms with Gasteiger partial charge in [-0.05, 0) is 69.6 Å². The summed E-state index contributed by atoms with van der Waals surface area (Å²) in [5, 5.41) is 12.1. The van der Waals surface area contributed by atoms with E-state index < -0.39 is 17.1 Å². The second-order valence-corrected chi connectivity index (χ2v) is 8.92. The first-order chi connectivity index (χ1) is 13.6. The maximum atomic E-state index is 16.0. The highest BCUT2D eigenvalue weighted by Crippen LogP contribution is 2.46.